The summed E-state index contributed by atoms with van der Waals surface area (Å²) in [5.41, 5.74) is 3.55. The van der Waals surface area contributed by atoms with E-state index in [4.69, 9.17) is 9.72 Å². The van der Waals surface area contributed by atoms with Crippen LogP contribution in [0, 0.1) is 11.3 Å². The molecule has 0 aliphatic heterocycles. The van der Waals surface area contributed by atoms with E-state index in [9.17, 15) is 10.1 Å². The highest BCUT2D eigenvalue weighted by atomic mass is 32.2. The normalized spacial score (nSPS) is 14.1. The third kappa shape index (κ3) is 6.18. The molecule has 0 spiro atoms. The molecule has 0 fully saturated rings. The SMILES string of the molecule is CCC(Sc1nc2c(cc1C#N)CCCCCC2)C(=O)Nc1ccc(Oc2ccccc2)cc1. The van der Waals surface area contributed by atoms with Gasteiger partial charge < -0.3 is 10.1 Å². The first-order valence-electron chi connectivity index (χ1n) is 11.9. The van der Waals surface area contributed by atoms with Gasteiger partial charge in [-0.2, -0.15) is 5.26 Å². The first-order chi connectivity index (χ1) is 16.7. The highest BCUT2D eigenvalue weighted by molar-refractivity contribution is 8.00. The molecule has 1 N–H and O–H groups in total. The van der Waals surface area contributed by atoms with Crippen LogP contribution in [-0.4, -0.2) is 16.1 Å². The van der Waals surface area contributed by atoms with Gasteiger partial charge in [-0.3, -0.25) is 4.79 Å². The van der Waals surface area contributed by atoms with Gasteiger partial charge in [0.15, 0.2) is 0 Å². The lowest BCUT2D eigenvalue weighted by Gasteiger charge is -2.18. The highest BCUT2D eigenvalue weighted by Crippen LogP contribution is 2.31. The minimum Gasteiger partial charge on any atom is -0.457 e. The summed E-state index contributed by atoms with van der Waals surface area (Å²) in [4.78, 5) is 17.9. The number of aromatic nitrogens is 1. The summed E-state index contributed by atoms with van der Waals surface area (Å²) in [7, 11) is 0. The summed E-state index contributed by atoms with van der Waals surface area (Å²) in [5, 5.41) is 13.0. The van der Waals surface area contributed by atoms with Gasteiger partial charge in [0.2, 0.25) is 5.91 Å². The van der Waals surface area contributed by atoms with Crippen molar-refractivity contribution in [1.29, 1.82) is 5.26 Å². The van der Waals surface area contributed by atoms with Gasteiger partial charge in [-0.1, -0.05) is 49.7 Å². The molecule has 1 aliphatic carbocycles. The number of pyridine rings is 1. The number of carbonyl (C=O) groups excluding carboxylic acids is 1. The van der Waals surface area contributed by atoms with Crippen molar-refractivity contribution < 1.29 is 9.53 Å². The molecular formula is C28H29N3O2S. The third-order valence-corrected chi connectivity index (χ3v) is 7.27. The molecule has 3 aromatic rings. The molecule has 0 saturated heterocycles. The van der Waals surface area contributed by atoms with Gasteiger partial charge in [-0.15, -0.1) is 0 Å². The van der Waals surface area contributed by atoms with Crippen LogP contribution in [0.1, 0.15) is 55.8 Å². The van der Waals surface area contributed by atoms with Crippen molar-refractivity contribution in [3.05, 3.63) is 77.5 Å². The Balaban J connectivity index is 1.44. The van der Waals surface area contributed by atoms with Crippen LogP contribution in [0.15, 0.2) is 65.7 Å². The molecule has 4 rings (SSSR count). The summed E-state index contributed by atoms with van der Waals surface area (Å²) >= 11 is 1.39. The Hall–Kier alpha value is -3.30. The molecule has 6 heteroatoms. The van der Waals surface area contributed by atoms with Crippen LogP contribution in [0.5, 0.6) is 11.5 Å². The van der Waals surface area contributed by atoms with Crippen molar-refractivity contribution in [2.24, 2.45) is 0 Å². The summed E-state index contributed by atoms with van der Waals surface area (Å²) in [5.74, 6) is 1.37. The van der Waals surface area contributed by atoms with E-state index in [-0.39, 0.29) is 11.2 Å². The van der Waals surface area contributed by atoms with Gasteiger partial charge in [0, 0.05) is 11.4 Å². The predicted molar refractivity (Wildman–Crippen MR) is 136 cm³/mol. The van der Waals surface area contributed by atoms with Crippen molar-refractivity contribution in [3.63, 3.8) is 0 Å². The Morgan fingerprint density at radius 2 is 1.76 bits per heavy atom. The molecule has 1 aromatic heterocycles. The van der Waals surface area contributed by atoms with Crippen LogP contribution in [0.2, 0.25) is 0 Å². The van der Waals surface area contributed by atoms with E-state index >= 15 is 0 Å². The van der Waals surface area contributed by atoms with E-state index in [0.29, 0.717) is 28.4 Å². The lowest BCUT2D eigenvalue weighted by Crippen LogP contribution is -2.25. The van der Waals surface area contributed by atoms with Gasteiger partial charge in [0.05, 0.1) is 10.8 Å². The number of amides is 1. The summed E-state index contributed by atoms with van der Waals surface area (Å²) in [6.07, 6.45) is 7.26. The molecule has 1 amide bonds. The summed E-state index contributed by atoms with van der Waals surface area (Å²) in [6.45, 7) is 1.98. The molecule has 0 bridgehead atoms. The fourth-order valence-corrected chi connectivity index (χ4v) is 5.05. The lowest BCUT2D eigenvalue weighted by atomic mass is 9.96. The predicted octanol–water partition coefficient (Wildman–Crippen LogP) is 6.91. The number of aryl methyl sites for hydroxylation is 2. The highest BCUT2D eigenvalue weighted by Gasteiger charge is 2.22. The zero-order valence-electron chi connectivity index (χ0n) is 19.4. The largest absolute Gasteiger partial charge is 0.457 e. The Morgan fingerprint density at radius 3 is 2.47 bits per heavy atom. The average Bonchev–Trinajstić information content (AvgIpc) is 2.85. The Labute approximate surface area is 205 Å². The number of benzene rings is 2. The number of thioether (sulfide) groups is 1. The number of anilines is 1. The van der Waals surface area contributed by atoms with Crippen molar-refractivity contribution in [3.8, 4) is 17.6 Å². The molecule has 1 heterocycles. The fraction of sp³-hybridized carbons (Fsp3) is 0.321. The molecule has 1 unspecified atom stereocenters. The topological polar surface area (TPSA) is 75.0 Å². The van der Waals surface area contributed by atoms with Crippen molar-refractivity contribution >= 4 is 23.4 Å². The number of nitrogens with zero attached hydrogens (tertiary/aromatic N) is 2. The van der Waals surface area contributed by atoms with Crippen LogP contribution < -0.4 is 10.1 Å². The van der Waals surface area contributed by atoms with E-state index in [1.54, 1.807) is 0 Å². The second kappa shape index (κ2) is 11.7. The van der Waals surface area contributed by atoms with Crippen LogP contribution in [0.3, 0.4) is 0 Å². The van der Waals surface area contributed by atoms with Gasteiger partial charge >= 0.3 is 0 Å². The maximum absolute atomic E-state index is 13.0. The van der Waals surface area contributed by atoms with E-state index in [2.05, 4.69) is 11.4 Å². The van der Waals surface area contributed by atoms with Crippen LogP contribution in [0.25, 0.3) is 0 Å². The lowest BCUT2D eigenvalue weighted by molar-refractivity contribution is -0.115. The maximum Gasteiger partial charge on any atom is 0.237 e. The number of ether oxygens (including phenoxy) is 1. The molecular weight excluding hydrogens is 442 g/mol. The number of hydrogen-bond donors (Lipinski definition) is 1. The van der Waals surface area contributed by atoms with Gasteiger partial charge in [-0.05, 0) is 80.1 Å². The third-order valence-electron chi connectivity index (χ3n) is 5.90. The number of hydrogen-bond acceptors (Lipinski definition) is 5. The summed E-state index contributed by atoms with van der Waals surface area (Å²) < 4.78 is 5.82. The van der Waals surface area contributed by atoms with E-state index in [1.165, 1.54) is 30.2 Å². The Morgan fingerprint density at radius 1 is 1.06 bits per heavy atom. The fourth-order valence-electron chi connectivity index (χ4n) is 4.05. The molecule has 2 aromatic carbocycles. The number of nitrogens with one attached hydrogen (secondary N) is 1. The number of para-hydroxylation sites is 1. The standard InChI is InChI=1S/C28H29N3O2S/c1-2-26(34-28-21(19-29)18-20-10-6-3-4-9-13-25(20)31-28)27(32)30-22-14-16-24(17-15-22)33-23-11-7-5-8-12-23/h5,7-8,11-12,14-18,26H,2-4,6,9-10,13H2,1H3,(H,30,32). The number of carbonyl (C=O) groups is 1. The van der Waals surface area contributed by atoms with Crippen molar-refractivity contribution in [2.45, 2.75) is 62.1 Å². The number of fused-ring (bicyclic) bond motifs is 1. The Kier molecular flexibility index (Phi) is 8.21. The minimum atomic E-state index is -0.341. The molecule has 34 heavy (non-hydrogen) atoms. The first-order valence-corrected chi connectivity index (χ1v) is 12.8. The molecule has 5 nitrogen and oxygen atoms in total. The van der Waals surface area contributed by atoms with E-state index in [0.717, 1.165) is 37.1 Å². The average molecular weight is 472 g/mol. The summed E-state index contributed by atoms with van der Waals surface area (Å²) in [6, 6.07) is 21.2. The molecule has 174 valence electrons. The molecule has 1 atom stereocenters. The van der Waals surface area contributed by atoms with E-state index < -0.39 is 0 Å². The smallest absolute Gasteiger partial charge is 0.237 e. The van der Waals surface area contributed by atoms with Crippen LogP contribution >= 0.6 is 11.8 Å². The van der Waals surface area contributed by atoms with Gasteiger partial charge in [0.25, 0.3) is 0 Å². The zero-order chi connectivity index (χ0) is 23.8. The van der Waals surface area contributed by atoms with Gasteiger partial charge in [-0.25, -0.2) is 4.98 Å². The molecule has 0 radical (unpaired) electrons. The second-order valence-electron chi connectivity index (χ2n) is 8.42. The first kappa shape index (κ1) is 23.8. The number of nitriles is 1. The Bertz CT molecular complexity index is 1160. The molecule has 0 saturated carbocycles. The second-order valence-corrected chi connectivity index (χ2v) is 9.61. The van der Waals surface area contributed by atoms with Crippen molar-refractivity contribution in [2.75, 3.05) is 5.32 Å². The zero-order valence-corrected chi connectivity index (χ0v) is 20.2. The van der Waals surface area contributed by atoms with Crippen LogP contribution in [-0.2, 0) is 17.6 Å². The van der Waals surface area contributed by atoms with E-state index in [1.807, 2.05) is 67.6 Å². The van der Waals surface area contributed by atoms with Crippen LogP contribution in [0.4, 0.5) is 5.69 Å². The van der Waals surface area contributed by atoms with Crippen molar-refractivity contribution in [1.82, 2.24) is 4.98 Å². The monoisotopic (exact) mass is 471 g/mol. The quantitative estimate of drug-likeness (QED) is 0.379. The maximum atomic E-state index is 13.0. The molecule has 1 aliphatic rings. The number of rotatable bonds is 7. The van der Waals surface area contributed by atoms with Gasteiger partial charge in [0.1, 0.15) is 22.6 Å². The minimum absolute atomic E-state index is 0.0957.